The van der Waals surface area contributed by atoms with Gasteiger partial charge >= 0.3 is 5.97 Å². The van der Waals surface area contributed by atoms with Gasteiger partial charge in [0.15, 0.2) is 0 Å². The van der Waals surface area contributed by atoms with Gasteiger partial charge in [-0.05, 0) is 18.6 Å². The molecule has 3 heteroatoms. The van der Waals surface area contributed by atoms with Crippen LogP contribution in [0.3, 0.4) is 0 Å². The van der Waals surface area contributed by atoms with Crippen LogP contribution in [0.5, 0.6) is 0 Å². The molecular formula is C16H26O3. The highest BCUT2D eigenvalue weighted by Crippen LogP contribution is 2.10. The number of rotatable bonds is 11. The Hall–Kier alpha value is -1.25. The van der Waals surface area contributed by atoms with Gasteiger partial charge < -0.3 is 9.15 Å². The molecule has 1 heterocycles. The summed E-state index contributed by atoms with van der Waals surface area (Å²) < 4.78 is 10.1. The van der Waals surface area contributed by atoms with Crippen molar-refractivity contribution in [1.82, 2.24) is 0 Å². The highest BCUT2D eigenvalue weighted by Gasteiger charge is 2.08. The van der Waals surface area contributed by atoms with Crippen LogP contribution in [0.1, 0.15) is 75.3 Å². The molecule has 0 aliphatic heterocycles. The lowest BCUT2D eigenvalue weighted by Crippen LogP contribution is -2.05. The van der Waals surface area contributed by atoms with Crippen molar-refractivity contribution in [1.29, 1.82) is 0 Å². The third-order valence-corrected chi connectivity index (χ3v) is 3.20. The van der Waals surface area contributed by atoms with Gasteiger partial charge in [-0.1, -0.05) is 58.3 Å². The van der Waals surface area contributed by atoms with Gasteiger partial charge in [-0.2, -0.15) is 0 Å². The van der Waals surface area contributed by atoms with Crippen molar-refractivity contribution in [2.45, 2.75) is 64.7 Å². The topological polar surface area (TPSA) is 39.4 Å². The molecule has 0 aromatic carbocycles. The molecular weight excluding hydrogens is 240 g/mol. The van der Waals surface area contributed by atoms with Crippen LogP contribution >= 0.6 is 0 Å². The molecule has 0 amide bonds. The summed E-state index contributed by atoms with van der Waals surface area (Å²) >= 11 is 0. The lowest BCUT2D eigenvalue weighted by Gasteiger charge is -2.03. The maximum absolute atomic E-state index is 11.4. The predicted octanol–water partition coefficient (Wildman–Crippen LogP) is 4.97. The molecule has 0 radical (unpaired) electrons. The number of carbonyl (C=O) groups excluding carboxylic acids is 1. The summed E-state index contributed by atoms with van der Waals surface area (Å²) in [6.45, 7) is 2.74. The Labute approximate surface area is 116 Å². The van der Waals surface area contributed by atoms with Gasteiger partial charge in [0.05, 0.1) is 12.9 Å². The number of unbranched alkanes of at least 4 members (excludes halogenated alkanes) is 8. The average molecular weight is 266 g/mol. The van der Waals surface area contributed by atoms with Crippen LogP contribution in [0.15, 0.2) is 22.8 Å². The first kappa shape index (κ1) is 15.8. The summed E-state index contributed by atoms with van der Waals surface area (Å²) in [4.78, 5) is 11.4. The maximum Gasteiger partial charge on any atom is 0.374 e. The molecule has 0 aliphatic rings. The zero-order valence-corrected chi connectivity index (χ0v) is 12.0. The van der Waals surface area contributed by atoms with Gasteiger partial charge in [0.2, 0.25) is 5.76 Å². The van der Waals surface area contributed by atoms with Gasteiger partial charge in [-0.3, -0.25) is 0 Å². The lowest BCUT2D eigenvalue weighted by atomic mass is 10.1. The van der Waals surface area contributed by atoms with Crippen molar-refractivity contribution in [2.75, 3.05) is 6.61 Å². The Balaban J connectivity index is 1.85. The first-order valence-corrected chi connectivity index (χ1v) is 7.55. The van der Waals surface area contributed by atoms with Crippen LogP contribution in [0.25, 0.3) is 0 Å². The van der Waals surface area contributed by atoms with Gasteiger partial charge in [-0.25, -0.2) is 4.79 Å². The van der Waals surface area contributed by atoms with E-state index in [-0.39, 0.29) is 11.7 Å². The Bertz CT molecular complexity index is 317. The molecule has 0 saturated carbocycles. The second kappa shape index (κ2) is 10.7. The predicted molar refractivity (Wildman–Crippen MR) is 76.2 cm³/mol. The third kappa shape index (κ3) is 7.70. The van der Waals surface area contributed by atoms with E-state index in [4.69, 9.17) is 9.15 Å². The molecule has 0 bridgehead atoms. The number of carbonyl (C=O) groups is 1. The average Bonchev–Trinajstić information content (AvgIpc) is 2.95. The van der Waals surface area contributed by atoms with Crippen LogP contribution in [0.4, 0.5) is 0 Å². The monoisotopic (exact) mass is 266 g/mol. The van der Waals surface area contributed by atoms with E-state index in [1.54, 1.807) is 12.1 Å². The van der Waals surface area contributed by atoms with E-state index >= 15 is 0 Å². The third-order valence-electron chi connectivity index (χ3n) is 3.20. The molecule has 1 aromatic rings. The molecule has 0 fully saturated rings. The largest absolute Gasteiger partial charge is 0.460 e. The first-order chi connectivity index (χ1) is 9.34. The van der Waals surface area contributed by atoms with Crippen molar-refractivity contribution in [3.8, 4) is 0 Å². The smallest absolute Gasteiger partial charge is 0.374 e. The van der Waals surface area contributed by atoms with Crippen molar-refractivity contribution in [3.05, 3.63) is 24.2 Å². The SMILES string of the molecule is CCCCCCCCCCCOC(=O)c1ccco1. The van der Waals surface area contributed by atoms with Crippen molar-refractivity contribution < 1.29 is 13.9 Å². The zero-order chi connectivity index (χ0) is 13.8. The Morgan fingerprint density at radius 1 is 1.05 bits per heavy atom. The van der Waals surface area contributed by atoms with E-state index in [0.29, 0.717) is 6.61 Å². The first-order valence-electron chi connectivity index (χ1n) is 7.55. The lowest BCUT2D eigenvalue weighted by molar-refractivity contribution is 0.0461. The number of hydrogen-bond donors (Lipinski definition) is 0. The van der Waals surface area contributed by atoms with Crippen LogP contribution in [0, 0.1) is 0 Å². The second-order valence-electron chi connectivity index (χ2n) is 4.94. The van der Waals surface area contributed by atoms with E-state index in [1.165, 1.54) is 51.2 Å². The van der Waals surface area contributed by atoms with Crippen molar-refractivity contribution in [3.63, 3.8) is 0 Å². The minimum atomic E-state index is -0.357. The van der Waals surface area contributed by atoms with Crippen LogP contribution in [0.2, 0.25) is 0 Å². The summed E-state index contributed by atoms with van der Waals surface area (Å²) in [5, 5.41) is 0. The van der Waals surface area contributed by atoms with Crippen LogP contribution in [-0.2, 0) is 4.74 Å². The fourth-order valence-electron chi connectivity index (χ4n) is 2.04. The molecule has 0 saturated heterocycles. The van der Waals surface area contributed by atoms with E-state index in [9.17, 15) is 4.79 Å². The van der Waals surface area contributed by atoms with Gasteiger partial charge in [0.25, 0.3) is 0 Å². The zero-order valence-electron chi connectivity index (χ0n) is 12.0. The molecule has 1 rings (SSSR count). The summed E-state index contributed by atoms with van der Waals surface area (Å²) in [5.41, 5.74) is 0. The highest BCUT2D eigenvalue weighted by atomic mass is 16.5. The molecule has 0 aliphatic carbocycles. The van der Waals surface area contributed by atoms with Crippen molar-refractivity contribution >= 4 is 5.97 Å². The minimum absolute atomic E-state index is 0.288. The number of furan rings is 1. The number of ether oxygens (including phenoxy) is 1. The van der Waals surface area contributed by atoms with Crippen molar-refractivity contribution in [2.24, 2.45) is 0 Å². The fourth-order valence-corrected chi connectivity index (χ4v) is 2.04. The number of esters is 1. The summed E-state index contributed by atoms with van der Waals surface area (Å²) in [5.74, 6) is -0.0690. The Morgan fingerprint density at radius 2 is 1.68 bits per heavy atom. The summed E-state index contributed by atoms with van der Waals surface area (Å²) in [7, 11) is 0. The molecule has 19 heavy (non-hydrogen) atoms. The Kier molecular flexibility index (Phi) is 8.86. The van der Waals surface area contributed by atoms with Gasteiger partial charge in [0.1, 0.15) is 0 Å². The molecule has 3 nitrogen and oxygen atoms in total. The van der Waals surface area contributed by atoms with E-state index in [2.05, 4.69) is 6.92 Å². The van der Waals surface area contributed by atoms with Crippen LogP contribution < -0.4 is 0 Å². The Morgan fingerprint density at radius 3 is 2.26 bits per heavy atom. The number of hydrogen-bond acceptors (Lipinski definition) is 3. The second-order valence-corrected chi connectivity index (χ2v) is 4.94. The fraction of sp³-hybridized carbons (Fsp3) is 0.688. The highest BCUT2D eigenvalue weighted by molar-refractivity contribution is 5.86. The minimum Gasteiger partial charge on any atom is -0.460 e. The summed E-state index contributed by atoms with van der Waals surface area (Å²) in [6.07, 6.45) is 12.9. The maximum atomic E-state index is 11.4. The molecule has 0 unspecified atom stereocenters. The standard InChI is InChI=1S/C16H26O3/c1-2-3-4-5-6-7-8-9-10-13-19-16(17)15-12-11-14-18-15/h11-12,14H,2-10,13H2,1H3. The molecule has 108 valence electrons. The molecule has 0 spiro atoms. The normalized spacial score (nSPS) is 10.6. The van der Waals surface area contributed by atoms with Gasteiger partial charge in [0, 0.05) is 0 Å². The van der Waals surface area contributed by atoms with E-state index in [0.717, 1.165) is 12.8 Å². The molecule has 0 atom stereocenters. The quantitative estimate of drug-likeness (QED) is 0.419. The van der Waals surface area contributed by atoms with Gasteiger partial charge in [-0.15, -0.1) is 0 Å². The van der Waals surface area contributed by atoms with Crippen LogP contribution in [-0.4, -0.2) is 12.6 Å². The van der Waals surface area contributed by atoms with E-state index < -0.39 is 0 Å². The van der Waals surface area contributed by atoms with E-state index in [1.807, 2.05) is 0 Å². The molecule has 1 aromatic heterocycles. The summed E-state index contributed by atoms with van der Waals surface area (Å²) in [6, 6.07) is 3.31. The molecule has 0 N–H and O–H groups in total.